The van der Waals surface area contributed by atoms with Gasteiger partial charge in [-0.3, -0.25) is 0 Å². The molecule has 4 nitrogen and oxygen atoms in total. The summed E-state index contributed by atoms with van der Waals surface area (Å²) in [6, 6.07) is 39.2. The molecule has 0 fully saturated rings. The van der Waals surface area contributed by atoms with E-state index in [0.29, 0.717) is 0 Å². The molecule has 0 amide bonds. The van der Waals surface area contributed by atoms with E-state index in [9.17, 15) is 0 Å². The van der Waals surface area contributed by atoms with Gasteiger partial charge >= 0.3 is 0 Å². The molecule has 2 aliphatic rings. The second kappa shape index (κ2) is 18.1. The molecule has 3 aromatic heterocycles. The van der Waals surface area contributed by atoms with Crippen LogP contribution in [0.5, 0.6) is 0 Å². The minimum Gasteiger partial charge on any atom is -0.354 e. The van der Waals surface area contributed by atoms with Crippen molar-refractivity contribution in [2.45, 2.75) is 157 Å². The first kappa shape index (κ1) is 51.8. The molecule has 2 aliphatic heterocycles. The Morgan fingerprint density at radius 3 is 0.726 bits per heavy atom. The summed E-state index contributed by atoms with van der Waals surface area (Å²) in [4.78, 5) is 19.6. The molecule has 73 heavy (non-hydrogen) atoms. The predicted octanol–water partition coefficient (Wildman–Crippen LogP) is 19.9. The molecule has 5 heteroatoms. The first-order valence-electron chi connectivity index (χ1n) is 26.2. The number of rotatable bonds is 4. The van der Waals surface area contributed by atoms with Crippen molar-refractivity contribution in [2.24, 2.45) is 0 Å². The van der Waals surface area contributed by atoms with Crippen LogP contribution in [0.2, 0.25) is 0 Å². The Hall–Kier alpha value is -6.04. The van der Waals surface area contributed by atoms with Gasteiger partial charge in [-0.1, -0.05) is 207 Å². The first-order chi connectivity index (χ1) is 33.8. The minimum atomic E-state index is -0.0907. The van der Waals surface area contributed by atoms with Crippen molar-refractivity contribution in [3.05, 3.63) is 164 Å². The SMILES string of the molecule is CC(C)(C)c1cc(-c2c3nc(c(-c4cc(C(C)(C)C)cc(C(C)(C)C)c4)c4ccc([nH]4)c(-c4cc(C(C)(C)C)cc(C(C)(C)C)c4)c4nc(c(-c5ccc(Br)cc5)c5ccc2[nH]5)C=C4)C=C3)cc(C(C)(C)C)c1. The zero-order valence-corrected chi connectivity index (χ0v) is 48.5. The lowest BCUT2D eigenvalue weighted by molar-refractivity contribution is 0.568. The van der Waals surface area contributed by atoms with Crippen LogP contribution in [-0.2, 0) is 32.5 Å². The molecule has 0 unspecified atom stereocenters. The summed E-state index contributed by atoms with van der Waals surface area (Å²) in [5.74, 6) is 0. The highest BCUT2D eigenvalue weighted by molar-refractivity contribution is 9.10. The van der Waals surface area contributed by atoms with E-state index in [4.69, 9.17) is 9.97 Å². The third kappa shape index (κ3) is 10.5. The molecule has 0 saturated heterocycles. The third-order valence-corrected chi connectivity index (χ3v) is 15.3. The van der Waals surface area contributed by atoms with Crippen LogP contribution in [0.25, 0.3) is 90.9 Å². The zero-order valence-electron chi connectivity index (χ0n) is 46.9. The van der Waals surface area contributed by atoms with E-state index < -0.39 is 0 Å². The maximum Gasteiger partial charge on any atom is 0.0737 e. The maximum atomic E-state index is 5.80. The molecule has 0 atom stereocenters. The molecule has 0 spiro atoms. The highest BCUT2D eigenvalue weighted by Crippen LogP contribution is 2.44. The number of benzene rings is 4. The molecule has 4 aromatic carbocycles. The van der Waals surface area contributed by atoms with Gasteiger partial charge in [-0.2, -0.15) is 0 Å². The number of halogens is 1. The Kier molecular flexibility index (Phi) is 12.9. The lowest BCUT2D eigenvalue weighted by atomic mass is 9.78. The van der Waals surface area contributed by atoms with Crippen molar-refractivity contribution in [1.82, 2.24) is 19.9 Å². The lowest BCUT2D eigenvalue weighted by Crippen LogP contribution is -2.16. The number of fused-ring (bicyclic) bond motifs is 8. The van der Waals surface area contributed by atoms with Crippen LogP contribution < -0.4 is 0 Å². The van der Waals surface area contributed by atoms with Crippen molar-refractivity contribution in [3.63, 3.8) is 0 Å². The van der Waals surface area contributed by atoms with Gasteiger partial charge in [-0.25, -0.2) is 9.97 Å². The van der Waals surface area contributed by atoms with Crippen LogP contribution in [0.4, 0.5) is 0 Å². The molecule has 376 valence electrons. The normalized spacial score (nSPS) is 13.6. The monoisotopic (exact) mass is 1030 g/mol. The van der Waals surface area contributed by atoms with Gasteiger partial charge in [-0.15, -0.1) is 0 Å². The summed E-state index contributed by atoms with van der Waals surface area (Å²) >= 11 is 3.73. The quantitative estimate of drug-likeness (QED) is 0.185. The van der Waals surface area contributed by atoms with Crippen LogP contribution in [-0.4, -0.2) is 19.9 Å². The van der Waals surface area contributed by atoms with Gasteiger partial charge < -0.3 is 9.97 Å². The average Bonchev–Trinajstić information content (AvgIpc) is 4.13. The van der Waals surface area contributed by atoms with Crippen molar-refractivity contribution in [3.8, 4) is 44.5 Å². The number of nitrogens with one attached hydrogen (secondary N) is 2. The van der Waals surface area contributed by atoms with Crippen LogP contribution in [0.1, 0.15) is 181 Å². The second-order valence-electron chi connectivity index (χ2n) is 26.9. The fourth-order valence-electron chi connectivity index (χ4n) is 9.95. The zero-order chi connectivity index (χ0) is 53.0. The predicted molar refractivity (Wildman–Crippen MR) is 321 cm³/mol. The molecule has 2 N–H and O–H groups in total. The van der Waals surface area contributed by atoms with E-state index in [1.54, 1.807) is 0 Å². The van der Waals surface area contributed by atoms with E-state index in [0.717, 1.165) is 93.8 Å². The molecule has 8 bridgehead atoms. The van der Waals surface area contributed by atoms with Gasteiger partial charge in [0.1, 0.15) is 0 Å². The van der Waals surface area contributed by atoms with Crippen LogP contribution >= 0.6 is 15.9 Å². The fourth-order valence-corrected chi connectivity index (χ4v) is 10.2. The molecule has 0 saturated carbocycles. The summed E-state index contributed by atoms with van der Waals surface area (Å²) in [5.41, 5.74) is 23.5. The molecular weight excluding hydrogens is 953 g/mol. The summed E-state index contributed by atoms with van der Waals surface area (Å²) in [7, 11) is 0. The van der Waals surface area contributed by atoms with Crippen molar-refractivity contribution < 1.29 is 0 Å². The van der Waals surface area contributed by atoms with Crippen LogP contribution in [0, 0.1) is 0 Å². The summed E-state index contributed by atoms with van der Waals surface area (Å²) < 4.78 is 1.03. The van der Waals surface area contributed by atoms with Gasteiger partial charge in [0.25, 0.3) is 0 Å². The van der Waals surface area contributed by atoms with Crippen molar-refractivity contribution >= 4 is 62.3 Å². The molecule has 5 heterocycles. The summed E-state index contributed by atoms with van der Waals surface area (Å²) in [5, 5.41) is 0. The van der Waals surface area contributed by atoms with E-state index in [1.807, 2.05) is 0 Å². The number of nitrogens with zero attached hydrogens (tertiary/aromatic N) is 2. The van der Waals surface area contributed by atoms with Crippen molar-refractivity contribution in [2.75, 3.05) is 0 Å². The van der Waals surface area contributed by atoms with E-state index in [2.05, 4.69) is 278 Å². The summed E-state index contributed by atoms with van der Waals surface area (Å²) in [6.45, 7) is 41.6. The Bertz CT molecular complexity index is 3380. The number of aromatic nitrogens is 4. The number of hydrogen-bond acceptors (Lipinski definition) is 2. The average molecular weight is 1030 g/mol. The standard InChI is InChI=1S/C68H77BrN4/c1-63(2,3)44-31-41(32-45(37-44)64(4,5)6)60-53-25-23-51(70-53)59(40-19-21-50(69)22-20-40)52-24-26-54(71-52)61(42-33-46(65(7,8)9)38-47(34-42)66(10,11)12)56-28-30-58(73-56)62(57-29-27-55(60)72-57)43-35-48(67(13,14)15)39-49(36-43)68(16,17)18/h19-39,70,73H,1-18H3. The van der Waals surface area contributed by atoms with Gasteiger partial charge in [0, 0.05) is 48.8 Å². The third-order valence-electron chi connectivity index (χ3n) is 14.7. The molecular formula is C68H77BrN4. The number of H-pyrrole nitrogens is 2. The van der Waals surface area contributed by atoms with Gasteiger partial charge in [-0.05, 0) is 149 Å². The van der Waals surface area contributed by atoms with E-state index >= 15 is 0 Å². The minimum absolute atomic E-state index is 0.0859. The van der Waals surface area contributed by atoms with Gasteiger partial charge in [0.15, 0.2) is 0 Å². The highest BCUT2D eigenvalue weighted by Gasteiger charge is 2.28. The number of aromatic amines is 2. The molecule has 7 aromatic rings. The fraction of sp³-hybridized carbons (Fsp3) is 0.353. The van der Waals surface area contributed by atoms with E-state index in [-0.39, 0.29) is 32.5 Å². The molecule has 9 rings (SSSR count). The Balaban J connectivity index is 1.53. The largest absolute Gasteiger partial charge is 0.354 e. The van der Waals surface area contributed by atoms with Gasteiger partial charge in [0.2, 0.25) is 0 Å². The number of hydrogen-bond donors (Lipinski definition) is 2. The molecule has 0 radical (unpaired) electrons. The van der Waals surface area contributed by atoms with E-state index in [1.165, 1.54) is 33.4 Å². The van der Waals surface area contributed by atoms with Crippen LogP contribution in [0.15, 0.2) is 108 Å². The Labute approximate surface area is 445 Å². The Morgan fingerprint density at radius 2 is 0.507 bits per heavy atom. The topological polar surface area (TPSA) is 57.4 Å². The van der Waals surface area contributed by atoms with Crippen LogP contribution in [0.3, 0.4) is 0 Å². The maximum absolute atomic E-state index is 5.80. The van der Waals surface area contributed by atoms with Gasteiger partial charge in [0.05, 0.1) is 22.8 Å². The van der Waals surface area contributed by atoms with Crippen molar-refractivity contribution in [1.29, 1.82) is 0 Å². The molecule has 0 aliphatic carbocycles. The second-order valence-corrected chi connectivity index (χ2v) is 27.8. The highest BCUT2D eigenvalue weighted by atomic mass is 79.9. The first-order valence-corrected chi connectivity index (χ1v) is 27.0. The lowest BCUT2D eigenvalue weighted by Gasteiger charge is -2.26. The smallest absolute Gasteiger partial charge is 0.0737 e. The summed E-state index contributed by atoms with van der Waals surface area (Å²) in [6.07, 6.45) is 8.89. The Morgan fingerprint density at radius 1 is 0.288 bits per heavy atom.